The van der Waals surface area contributed by atoms with Crippen molar-refractivity contribution in [2.24, 2.45) is 0 Å². The smallest absolute Gasteiger partial charge is 0.235 e. The van der Waals surface area contributed by atoms with Crippen molar-refractivity contribution >= 4 is 105 Å². The second-order valence-corrected chi connectivity index (χ2v) is 16.8. The lowest BCUT2D eigenvalue weighted by Crippen LogP contribution is -2.08. The molecule has 0 bridgehead atoms. The summed E-state index contributed by atoms with van der Waals surface area (Å²) in [5.41, 5.74) is 18.0. The fourth-order valence-electron chi connectivity index (χ4n) is 11.2. The molecule has 0 atom stereocenters. The molecular weight excluding hydrogens is 759 g/mol. The van der Waals surface area contributed by atoms with Gasteiger partial charge in [-0.3, -0.25) is 4.57 Å². The maximum absolute atomic E-state index is 6.66. The Kier molecular flexibility index (Phi) is 6.18. The molecule has 0 spiro atoms. The van der Waals surface area contributed by atoms with Crippen molar-refractivity contribution in [3.63, 3.8) is 0 Å². The minimum Gasteiger partial charge on any atom is -0.456 e. The molecule has 0 saturated carbocycles. The topological polar surface area (TPSA) is 53.2 Å². The number of hydrogen-bond donors (Lipinski definition) is 0. The fourth-order valence-corrected chi connectivity index (χ4v) is 11.2. The average molecular weight is 792 g/mol. The van der Waals surface area contributed by atoms with Gasteiger partial charge in [0.05, 0.1) is 49.7 Å². The predicted molar refractivity (Wildman–Crippen MR) is 254 cm³/mol. The molecular formula is C56H33N5O. The summed E-state index contributed by atoms with van der Waals surface area (Å²) in [6, 6.07) is 61.0. The summed E-state index contributed by atoms with van der Waals surface area (Å²) in [5, 5.41) is 9.43. The number of benzene rings is 8. The van der Waals surface area contributed by atoms with Crippen LogP contribution >= 0.6 is 0 Å². The zero-order valence-electron chi connectivity index (χ0n) is 33.3. The number of para-hydroxylation sites is 3. The van der Waals surface area contributed by atoms with Crippen molar-refractivity contribution < 1.29 is 4.42 Å². The summed E-state index contributed by atoms with van der Waals surface area (Å²) in [4.78, 5) is 11.0. The van der Waals surface area contributed by atoms with Gasteiger partial charge < -0.3 is 13.4 Å². The van der Waals surface area contributed by atoms with Crippen LogP contribution in [-0.2, 0) is 6.42 Å². The first-order chi connectivity index (χ1) is 30.8. The molecule has 0 saturated heterocycles. The molecule has 6 aromatic heterocycles. The Morgan fingerprint density at radius 3 is 2.08 bits per heavy atom. The van der Waals surface area contributed by atoms with E-state index < -0.39 is 0 Å². The molecule has 62 heavy (non-hydrogen) atoms. The molecule has 0 radical (unpaired) electrons. The Balaban J connectivity index is 0.987. The van der Waals surface area contributed by atoms with Crippen LogP contribution in [0.5, 0.6) is 0 Å². The first-order valence-corrected chi connectivity index (χ1v) is 21.4. The third kappa shape index (κ3) is 4.13. The summed E-state index contributed by atoms with van der Waals surface area (Å²) in [5.74, 6) is 0.665. The lowest BCUT2D eigenvalue weighted by molar-refractivity contribution is 0.669. The molecule has 0 fully saturated rings. The van der Waals surface area contributed by atoms with Gasteiger partial charge in [0, 0.05) is 54.6 Å². The summed E-state index contributed by atoms with van der Waals surface area (Å²) < 4.78 is 13.9. The van der Waals surface area contributed by atoms with E-state index in [1.165, 1.54) is 77.1 Å². The molecule has 288 valence electrons. The minimum atomic E-state index is 0.665. The Hall–Kier alpha value is -8.22. The maximum atomic E-state index is 6.66. The van der Waals surface area contributed by atoms with Gasteiger partial charge in [-0.2, -0.15) is 0 Å². The van der Waals surface area contributed by atoms with E-state index in [1.54, 1.807) is 0 Å². The lowest BCUT2D eigenvalue weighted by atomic mass is 9.92. The Bertz CT molecular complexity index is 4210. The van der Waals surface area contributed by atoms with Crippen LogP contribution in [0.2, 0.25) is 0 Å². The van der Waals surface area contributed by atoms with Crippen LogP contribution in [0.25, 0.3) is 127 Å². The van der Waals surface area contributed by atoms with Crippen LogP contribution < -0.4 is 0 Å². The monoisotopic (exact) mass is 791 g/mol. The Morgan fingerprint density at radius 1 is 0.452 bits per heavy atom. The second kappa shape index (κ2) is 11.7. The molecule has 0 aliphatic heterocycles. The summed E-state index contributed by atoms with van der Waals surface area (Å²) in [6.07, 6.45) is 4.14. The quantitative estimate of drug-likeness (QED) is 0.178. The van der Waals surface area contributed by atoms with E-state index in [1.807, 2.05) is 0 Å². The van der Waals surface area contributed by atoms with E-state index >= 15 is 0 Å². The van der Waals surface area contributed by atoms with Crippen LogP contribution in [0.15, 0.2) is 174 Å². The highest BCUT2D eigenvalue weighted by Crippen LogP contribution is 2.49. The highest BCUT2D eigenvalue weighted by molar-refractivity contribution is 6.37. The minimum absolute atomic E-state index is 0.665. The van der Waals surface area contributed by atoms with E-state index in [0.717, 1.165) is 67.9 Å². The summed E-state index contributed by atoms with van der Waals surface area (Å²) >= 11 is 0. The van der Waals surface area contributed by atoms with Gasteiger partial charge in [-0.15, -0.1) is 0 Å². The molecule has 14 aromatic rings. The molecule has 6 nitrogen and oxygen atoms in total. The standard InChI is InChI=1S/C56H33N5O/c1-2-12-32(13-3-1)33-14-10-15-35(30-33)59-42-20-8-6-17-37(42)40-31-34(24-26-44(40)59)54-39-18-4-7-19-41(39)57-56(58-54)61-46-23-11-22-45-50(46)51-47(61)27-29-48-52(51)53-49(62-48)28-25-38-36-16-5-9-21-43(36)60(45)55(38)53/h1-23,25,27-31H,24,26H2. The number of nitrogens with zero attached hydrogens (tertiary/aromatic N) is 5. The highest BCUT2D eigenvalue weighted by Gasteiger charge is 2.28. The second-order valence-electron chi connectivity index (χ2n) is 16.8. The predicted octanol–water partition coefficient (Wildman–Crippen LogP) is 14.2. The molecule has 6 heteroatoms. The normalized spacial score (nSPS) is 13.5. The van der Waals surface area contributed by atoms with E-state index in [-0.39, 0.29) is 0 Å². The number of rotatable bonds is 4. The lowest BCUT2D eigenvalue weighted by Gasteiger charge is -2.19. The van der Waals surface area contributed by atoms with Gasteiger partial charge in [-0.25, -0.2) is 9.97 Å². The first kappa shape index (κ1) is 32.6. The van der Waals surface area contributed by atoms with Gasteiger partial charge in [-0.05, 0) is 102 Å². The SMILES string of the molecule is C1=C(c2nc(-n3c4ccc5oc6ccc7c8ccccc8n8c9cccc3c9c4c5c6c78)nc3ccccc23)CCc2c1c1ccccc1n2-c1cccc(-c2ccccc2)c1. The van der Waals surface area contributed by atoms with Gasteiger partial charge >= 0.3 is 0 Å². The van der Waals surface area contributed by atoms with E-state index in [2.05, 4.69) is 189 Å². The molecule has 15 rings (SSSR count). The van der Waals surface area contributed by atoms with E-state index in [0.29, 0.717) is 5.95 Å². The van der Waals surface area contributed by atoms with Crippen molar-refractivity contribution in [2.45, 2.75) is 12.8 Å². The van der Waals surface area contributed by atoms with Crippen LogP contribution in [0.4, 0.5) is 0 Å². The third-order valence-corrected chi connectivity index (χ3v) is 13.7. The van der Waals surface area contributed by atoms with Gasteiger partial charge in [-0.1, -0.05) is 103 Å². The van der Waals surface area contributed by atoms with Gasteiger partial charge in [0.2, 0.25) is 5.95 Å². The van der Waals surface area contributed by atoms with Crippen molar-refractivity contribution in [3.05, 3.63) is 187 Å². The van der Waals surface area contributed by atoms with Crippen molar-refractivity contribution in [3.8, 4) is 22.8 Å². The van der Waals surface area contributed by atoms with Crippen LogP contribution in [0.3, 0.4) is 0 Å². The Morgan fingerprint density at radius 2 is 1.16 bits per heavy atom. The van der Waals surface area contributed by atoms with Crippen LogP contribution in [0.1, 0.15) is 23.4 Å². The van der Waals surface area contributed by atoms with Crippen molar-refractivity contribution in [1.82, 2.24) is 23.5 Å². The maximum Gasteiger partial charge on any atom is 0.235 e. The summed E-state index contributed by atoms with van der Waals surface area (Å²) in [6.45, 7) is 0. The van der Waals surface area contributed by atoms with Gasteiger partial charge in [0.1, 0.15) is 11.2 Å². The number of hydrogen-bond acceptors (Lipinski definition) is 3. The zero-order chi connectivity index (χ0) is 40.2. The fraction of sp³-hybridized carbons (Fsp3) is 0.0357. The average Bonchev–Trinajstić information content (AvgIpc) is 4.05. The largest absolute Gasteiger partial charge is 0.456 e. The van der Waals surface area contributed by atoms with Crippen LogP contribution in [-0.4, -0.2) is 23.5 Å². The Labute approximate surface area is 353 Å². The molecule has 0 amide bonds. The van der Waals surface area contributed by atoms with Gasteiger partial charge in [0.25, 0.3) is 0 Å². The van der Waals surface area contributed by atoms with E-state index in [9.17, 15) is 0 Å². The van der Waals surface area contributed by atoms with Crippen molar-refractivity contribution in [2.75, 3.05) is 0 Å². The third-order valence-electron chi connectivity index (χ3n) is 13.7. The molecule has 0 N–H and O–H groups in total. The van der Waals surface area contributed by atoms with Crippen molar-refractivity contribution in [1.29, 1.82) is 0 Å². The number of aromatic nitrogens is 5. The molecule has 1 aliphatic rings. The first-order valence-electron chi connectivity index (χ1n) is 21.4. The highest BCUT2D eigenvalue weighted by atomic mass is 16.3. The van der Waals surface area contributed by atoms with Crippen LogP contribution in [0, 0.1) is 0 Å². The molecule has 6 heterocycles. The number of allylic oxidation sites excluding steroid dienone is 1. The molecule has 8 aromatic carbocycles. The number of furan rings is 1. The molecule has 1 aliphatic carbocycles. The number of fused-ring (bicyclic) bond motifs is 8. The van der Waals surface area contributed by atoms with E-state index in [4.69, 9.17) is 14.4 Å². The summed E-state index contributed by atoms with van der Waals surface area (Å²) in [7, 11) is 0. The zero-order valence-corrected chi connectivity index (χ0v) is 33.3. The van der Waals surface area contributed by atoms with Gasteiger partial charge in [0.15, 0.2) is 0 Å². The molecule has 0 unspecified atom stereocenters.